The molecule has 0 bridgehead atoms. The number of methoxy groups -OCH3 is 2. The first-order valence-electron chi connectivity index (χ1n) is 29.1. The van der Waals surface area contributed by atoms with Crippen LogP contribution in [-0.2, 0) is 32.5 Å². The number of nitrogens with one attached hydrogen (secondary N) is 3. The lowest BCUT2D eigenvalue weighted by Crippen LogP contribution is -2.38. The van der Waals surface area contributed by atoms with Gasteiger partial charge in [0.05, 0.1) is 74.8 Å². The van der Waals surface area contributed by atoms with Gasteiger partial charge in [-0.1, -0.05) is 36.4 Å². The normalized spacial score (nSPS) is 18.1. The molecule has 0 radical (unpaired) electrons. The average molecular weight is 1290 g/mol. The van der Waals surface area contributed by atoms with Crippen molar-refractivity contribution in [1.82, 2.24) is 44.4 Å². The zero-order valence-corrected chi connectivity index (χ0v) is 51.6. The number of aliphatic hydroxyl groups is 2. The van der Waals surface area contributed by atoms with Crippen molar-refractivity contribution in [1.29, 1.82) is 0 Å². The summed E-state index contributed by atoms with van der Waals surface area (Å²) in [5, 5.41) is 32.6. The molecule has 0 saturated heterocycles. The number of anilines is 4. The van der Waals surface area contributed by atoms with Crippen LogP contribution in [-0.4, -0.2) is 133 Å². The van der Waals surface area contributed by atoms with Gasteiger partial charge in [-0.2, -0.15) is 36.3 Å². The van der Waals surface area contributed by atoms with Crippen LogP contribution in [0.5, 0.6) is 11.5 Å². The molecule has 6 aromatic heterocycles. The molecule has 91 heavy (non-hydrogen) atoms. The molecule has 4 aromatic carbocycles. The molecule has 2 saturated carbocycles. The van der Waals surface area contributed by atoms with Crippen molar-refractivity contribution in [3.05, 3.63) is 179 Å². The Morgan fingerprint density at radius 2 is 1.03 bits per heavy atom. The molecule has 478 valence electrons. The van der Waals surface area contributed by atoms with Crippen LogP contribution in [0.25, 0.3) is 31.8 Å². The first-order chi connectivity index (χ1) is 43.7. The monoisotopic (exact) mass is 1290 g/mol. The highest BCUT2D eigenvalue weighted by molar-refractivity contribution is 7.19. The van der Waals surface area contributed by atoms with E-state index in [9.17, 15) is 41.4 Å². The number of carbonyl (C=O) groups excluding carboxylic acids is 1. The number of nitrogens with zero attached hydrogens (tertiary/aromatic N) is 10. The Kier molecular flexibility index (Phi) is 20.8. The predicted molar refractivity (Wildman–Crippen MR) is 341 cm³/mol. The van der Waals surface area contributed by atoms with E-state index in [0.717, 1.165) is 68.5 Å². The van der Waals surface area contributed by atoms with Crippen LogP contribution < -0.4 is 41.0 Å². The second-order valence-corrected chi connectivity index (χ2v) is 24.4. The van der Waals surface area contributed by atoms with Gasteiger partial charge in [0.1, 0.15) is 39.1 Å². The third-order valence-electron chi connectivity index (χ3n) is 15.7. The van der Waals surface area contributed by atoms with Crippen LogP contribution >= 0.6 is 22.7 Å². The third-order valence-corrected chi connectivity index (χ3v) is 17.7. The number of likely N-dealkylation sites (N-methyl/N-ethyl adjacent to an activating group) is 2. The quantitative estimate of drug-likeness (QED) is 0.0308. The number of halogens is 6. The second-order valence-electron chi connectivity index (χ2n) is 22.2. The van der Waals surface area contributed by atoms with Gasteiger partial charge in [-0.3, -0.25) is 4.79 Å². The first kappa shape index (κ1) is 65.2. The van der Waals surface area contributed by atoms with E-state index in [1.807, 2.05) is 111 Å². The number of hydrogen-bond donors (Lipinski definition) is 6. The van der Waals surface area contributed by atoms with E-state index in [1.165, 1.54) is 12.1 Å². The van der Waals surface area contributed by atoms with Crippen LogP contribution in [0.15, 0.2) is 147 Å². The number of carbonyl (C=O) groups is 1. The van der Waals surface area contributed by atoms with Crippen molar-refractivity contribution >= 4 is 72.9 Å². The van der Waals surface area contributed by atoms with Crippen molar-refractivity contribution in [3.63, 3.8) is 0 Å². The zero-order chi connectivity index (χ0) is 64.4. The molecule has 0 spiro atoms. The number of alkyl halides is 6. The number of thiophene rings is 2. The molecule has 27 heteroatoms. The molecular weight excluding hydrogens is 1220 g/mol. The molecule has 19 nitrogen and oxygen atoms in total. The molecule has 0 aliphatic heterocycles. The van der Waals surface area contributed by atoms with Crippen molar-refractivity contribution in [2.45, 2.75) is 107 Å². The van der Waals surface area contributed by atoms with Crippen molar-refractivity contribution in [2.75, 3.05) is 48.7 Å². The molecule has 7 N–H and O–H groups in total. The van der Waals surface area contributed by atoms with Crippen molar-refractivity contribution in [3.8, 4) is 22.9 Å². The second kappa shape index (κ2) is 29.0. The fourth-order valence-electron chi connectivity index (χ4n) is 11.0. The molecule has 2 aliphatic rings. The third kappa shape index (κ3) is 17.2. The van der Waals surface area contributed by atoms with Gasteiger partial charge in [0, 0.05) is 97.3 Å². The van der Waals surface area contributed by atoms with Crippen LogP contribution in [0.4, 0.5) is 49.9 Å². The number of nitrogens with two attached hydrogens (primary N) is 1. The van der Waals surface area contributed by atoms with E-state index < -0.39 is 37.4 Å². The Hall–Kier alpha value is -8.73. The van der Waals surface area contributed by atoms with E-state index in [1.54, 1.807) is 58.4 Å². The number of aliphatic hydroxyl groups excluding tert-OH is 2. The Balaban J connectivity index is 0.000000172. The zero-order valence-electron chi connectivity index (χ0n) is 50.0. The number of aromatic nitrogens is 8. The van der Waals surface area contributed by atoms with Gasteiger partial charge < -0.3 is 60.3 Å². The van der Waals surface area contributed by atoms with Crippen LogP contribution in [0, 0.1) is 0 Å². The van der Waals surface area contributed by atoms with Gasteiger partial charge in [-0.15, -0.1) is 22.7 Å². The molecule has 12 rings (SSSR count). The van der Waals surface area contributed by atoms with Gasteiger partial charge in [0.2, 0.25) is 11.9 Å². The minimum absolute atomic E-state index is 0.0500. The fourth-order valence-corrected chi connectivity index (χ4v) is 13.1. The summed E-state index contributed by atoms with van der Waals surface area (Å²) in [6, 6.07) is 32.9. The minimum Gasteiger partial charge on any atom is -0.497 e. The summed E-state index contributed by atoms with van der Waals surface area (Å²) in [6.07, 6.45) is 1.72. The van der Waals surface area contributed by atoms with E-state index >= 15 is 0 Å². The summed E-state index contributed by atoms with van der Waals surface area (Å²) in [7, 11) is 6.81. The molecule has 0 unspecified atom stereocenters. The van der Waals surface area contributed by atoms with Gasteiger partial charge in [-0.25, -0.2) is 19.9 Å². The maximum atomic E-state index is 13.3. The summed E-state index contributed by atoms with van der Waals surface area (Å²) in [4.78, 5) is 41.8. The largest absolute Gasteiger partial charge is 0.497 e. The molecule has 0 amide bonds. The fraction of sp³-hybridized carbons (Fsp3) is 0.328. The molecule has 6 atom stereocenters. The van der Waals surface area contributed by atoms with Gasteiger partial charge >= 0.3 is 12.4 Å². The number of aldehydes is 1. The van der Waals surface area contributed by atoms with E-state index in [4.69, 9.17) is 20.2 Å². The molecule has 2 fully saturated rings. The topological polar surface area (TPSA) is 232 Å². The first-order valence-corrected chi connectivity index (χ1v) is 30.7. The number of imidazole rings is 2. The summed E-state index contributed by atoms with van der Waals surface area (Å²) in [6.45, 7) is 1.48. The molecule has 10 aromatic rings. The SMILES string of the molecule is COc1ccc(CNc2nc(N(C)[C@H]3C[C@@H](N)C[C@H]3O)c3cc(CC(F)(F)F)sc3n2)cc1.COc1ccc(CNc2nc(N(C)[C@H]3C[C@@H](NCc4ccc(-n5ccnc5)cc4)C[C@H]3O)c3cc(CC(F)(F)F)sc3n2)cc1.O=Cc1ccc(-n2ccnc2)cc1. The predicted octanol–water partition coefficient (Wildman–Crippen LogP) is 11.1. The maximum Gasteiger partial charge on any atom is 0.393 e. The Bertz CT molecular complexity index is 3950. The number of ether oxygens (including phenoxy) is 2. The highest BCUT2D eigenvalue weighted by atomic mass is 32.1. The number of hydrogen-bond acceptors (Lipinski definition) is 19. The smallest absolute Gasteiger partial charge is 0.393 e. The number of rotatable bonds is 20. The van der Waals surface area contributed by atoms with Gasteiger partial charge in [0.25, 0.3) is 0 Å². The van der Waals surface area contributed by atoms with Crippen molar-refractivity contribution < 1.29 is 50.8 Å². The van der Waals surface area contributed by atoms with Gasteiger partial charge in [-0.05, 0) is 115 Å². The standard InChI is InChI=1S/C32H34F3N7O2S.C22H26F3N5O2S.C10H8N2O/c1-41(27-13-22(14-28(27)43)37-17-20-3-7-23(8-4-20)42-12-11-36-19-42)29-26-15-25(16-32(33,34)35)45-30(26)40-31(39-29)38-18-21-5-9-24(44-2)10-6-21;1-30(17-7-13(26)8-18(17)31)19-16-9-15(10-22(23,24)25)33-20(16)29-21(28-19)27-11-12-3-5-14(32-2)6-4-12;13-7-9-1-3-10(4-2-9)12-6-5-11-8-12/h3-12,15,19,22,27-28,37,43H,13-14,16-18H2,1-2H3,(H,38,39,40);3-6,9,13,17-18,31H,7-8,10-11,26H2,1-2H3,(H,27,28,29);1-8H/t22-,27+,28-;13-,17+,18-;/m11./s1. The lowest BCUT2D eigenvalue weighted by atomic mass is 10.1. The Morgan fingerprint density at radius 3 is 1.44 bits per heavy atom. The van der Waals surface area contributed by atoms with Crippen LogP contribution in [0.3, 0.4) is 0 Å². The van der Waals surface area contributed by atoms with Crippen LogP contribution in [0.2, 0.25) is 0 Å². The average Bonchev–Trinajstić information content (AvgIpc) is 1.70. The van der Waals surface area contributed by atoms with E-state index in [0.29, 0.717) is 94.8 Å². The maximum absolute atomic E-state index is 13.3. The summed E-state index contributed by atoms with van der Waals surface area (Å²) in [5.41, 5.74) is 11.8. The van der Waals surface area contributed by atoms with Crippen LogP contribution in [0.1, 0.15) is 62.5 Å². The lowest BCUT2D eigenvalue weighted by Gasteiger charge is -2.29. The number of benzene rings is 4. The molecule has 6 heterocycles. The summed E-state index contributed by atoms with van der Waals surface area (Å²) < 4.78 is 93.1. The molecular formula is C64H68F6N14O5S2. The molecule has 2 aliphatic carbocycles. The highest BCUT2D eigenvalue weighted by Gasteiger charge is 2.38. The van der Waals surface area contributed by atoms with E-state index in [-0.39, 0.29) is 33.9 Å². The minimum atomic E-state index is -4.34. The van der Waals surface area contributed by atoms with E-state index in [2.05, 4.69) is 53.0 Å². The summed E-state index contributed by atoms with van der Waals surface area (Å²) in [5.74, 6) is 3.05. The Labute approximate surface area is 528 Å². The van der Waals surface area contributed by atoms with Gasteiger partial charge in [0.15, 0.2) is 0 Å². The van der Waals surface area contributed by atoms with Crippen molar-refractivity contribution in [2.24, 2.45) is 5.73 Å². The summed E-state index contributed by atoms with van der Waals surface area (Å²) >= 11 is 2.01. The number of fused-ring (bicyclic) bond motifs is 2. The lowest BCUT2D eigenvalue weighted by molar-refractivity contribution is -0.127. The Morgan fingerprint density at radius 1 is 0.604 bits per heavy atom. The highest BCUT2D eigenvalue weighted by Crippen LogP contribution is 2.40.